The molecule has 98 valence electrons. The van der Waals surface area contributed by atoms with Gasteiger partial charge >= 0.3 is 0 Å². The third kappa shape index (κ3) is 2.83. The Morgan fingerprint density at radius 1 is 1.47 bits per heavy atom. The zero-order chi connectivity index (χ0) is 13.1. The Morgan fingerprint density at radius 2 is 2.06 bits per heavy atom. The number of nitrogens with zero attached hydrogens (tertiary/aromatic N) is 2. The number of rotatable bonds is 4. The summed E-state index contributed by atoms with van der Waals surface area (Å²) in [4.78, 5) is 0. The average molecular weight is 259 g/mol. The Hall–Kier alpha value is -0.540. The van der Waals surface area contributed by atoms with Crippen LogP contribution in [0.4, 0.5) is 0 Å². The van der Waals surface area contributed by atoms with Crippen molar-refractivity contribution in [3.8, 4) is 0 Å². The SMILES string of the molecule is CC.COCC1(n2ncc(Cl)c2C(C)C)CC1. The molecular weight excluding hydrogens is 236 g/mol. The summed E-state index contributed by atoms with van der Waals surface area (Å²) in [6, 6.07) is 0. The van der Waals surface area contributed by atoms with Crippen molar-refractivity contribution in [3.05, 3.63) is 16.9 Å². The van der Waals surface area contributed by atoms with Crippen LogP contribution in [0.25, 0.3) is 0 Å². The number of hydrogen-bond acceptors (Lipinski definition) is 2. The van der Waals surface area contributed by atoms with E-state index in [9.17, 15) is 0 Å². The van der Waals surface area contributed by atoms with Crippen molar-refractivity contribution in [2.24, 2.45) is 0 Å². The first-order valence-electron chi connectivity index (χ1n) is 6.33. The normalized spacial score (nSPS) is 16.6. The molecule has 3 nitrogen and oxygen atoms in total. The number of aromatic nitrogens is 2. The van der Waals surface area contributed by atoms with E-state index in [0.29, 0.717) is 5.92 Å². The Labute approximate surface area is 109 Å². The zero-order valence-electron chi connectivity index (χ0n) is 11.5. The van der Waals surface area contributed by atoms with Crippen molar-refractivity contribution < 1.29 is 4.74 Å². The Kier molecular flexibility index (Phi) is 5.02. The molecule has 0 saturated heterocycles. The fourth-order valence-electron chi connectivity index (χ4n) is 2.07. The lowest BCUT2D eigenvalue weighted by molar-refractivity contribution is 0.135. The van der Waals surface area contributed by atoms with E-state index in [1.165, 1.54) is 0 Å². The van der Waals surface area contributed by atoms with Gasteiger partial charge < -0.3 is 4.74 Å². The highest BCUT2D eigenvalue weighted by Crippen LogP contribution is 2.45. The quantitative estimate of drug-likeness (QED) is 0.821. The highest BCUT2D eigenvalue weighted by molar-refractivity contribution is 6.31. The van der Waals surface area contributed by atoms with E-state index < -0.39 is 0 Å². The van der Waals surface area contributed by atoms with Gasteiger partial charge in [0.1, 0.15) is 0 Å². The molecule has 17 heavy (non-hydrogen) atoms. The summed E-state index contributed by atoms with van der Waals surface area (Å²) >= 11 is 6.15. The molecule has 0 unspecified atom stereocenters. The second-order valence-electron chi connectivity index (χ2n) is 4.60. The molecule has 0 bridgehead atoms. The maximum absolute atomic E-state index is 6.15. The third-order valence-corrected chi connectivity index (χ3v) is 3.29. The topological polar surface area (TPSA) is 27.1 Å². The highest BCUT2D eigenvalue weighted by atomic mass is 35.5. The van der Waals surface area contributed by atoms with Gasteiger partial charge in [-0.1, -0.05) is 39.3 Å². The van der Waals surface area contributed by atoms with Crippen LogP contribution in [0.15, 0.2) is 6.20 Å². The van der Waals surface area contributed by atoms with Gasteiger partial charge in [0.2, 0.25) is 0 Å². The van der Waals surface area contributed by atoms with Crippen LogP contribution < -0.4 is 0 Å². The number of halogens is 1. The molecule has 0 aromatic carbocycles. The minimum Gasteiger partial charge on any atom is -0.382 e. The summed E-state index contributed by atoms with van der Waals surface area (Å²) in [7, 11) is 1.74. The van der Waals surface area contributed by atoms with E-state index in [2.05, 4.69) is 23.6 Å². The Bertz CT molecular complexity index is 356. The van der Waals surface area contributed by atoms with E-state index in [-0.39, 0.29) is 5.54 Å². The summed E-state index contributed by atoms with van der Waals surface area (Å²) in [5.74, 6) is 0.398. The molecule has 1 heterocycles. The van der Waals surface area contributed by atoms with Crippen molar-refractivity contribution in [2.75, 3.05) is 13.7 Å². The first kappa shape index (κ1) is 14.5. The van der Waals surface area contributed by atoms with Gasteiger partial charge in [-0.3, -0.25) is 4.68 Å². The lowest BCUT2D eigenvalue weighted by Crippen LogP contribution is -2.26. The van der Waals surface area contributed by atoms with Crippen LogP contribution in [0.2, 0.25) is 5.02 Å². The molecule has 4 heteroatoms. The largest absolute Gasteiger partial charge is 0.382 e. The standard InChI is InChI=1S/C11H17ClN2O.C2H6/c1-8(2)10-9(12)6-13-14(10)11(4-5-11)7-15-3;1-2/h6,8H,4-5,7H2,1-3H3;1-2H3. The van der Waals surface area contributed by atoms with Crippen LogP contribution in [0.3, 0.4) is 0 Å². The van der Waals surface area contributed by atoms with Crippen LogP contribution in [0.5, 0.6) is 0 Å². The molecule has 1 aromatic heterocycles. The van der Waals surface area contributed by atoms with Gasteiger partial charge in [0, 0.05) is 7.11 Å². The van der Waals surface area contributed by atoms with Crippen molar-refractivity contribution in [3.63, 3.8) is 0 Å². The Morgan fingerprint density at radius 3 is 2.47 bits per heavy atom. The number of ether oxygens (including phenoxy) is 1. The molecule has 0 aliphatic heterocycles. The predicted molar refractivity (Wildman–Crippen MR) is 71.8 cm³/mol. The molecule has 1 aromatic rings. The van der Waals surface area contributed by atoms with Gasteiger partial charge in [0.25, 0.3) is 0 Å². The van der Waals surface area contributed by atoms with Crippen LogP contribution in [0, 0.1) is 0 Å². The van der Waals surface area contributed by atoms with Gasteiger partial charge in [-0.25, -0.2) is 0 Å². The minimum absolute atomic E-state index is 0.0848. The van der Waals surface area contributed by atoms with Crippen LogP contribution in [0.1, 0.15) is 52.1 Å². The van der Waals surface area contributed by atoms with Crippen molar-refractivity contribution >= 4 is 11.6 Å². The summed E-state index contributed by atoms with van der Waals surface area (Å²) in [6.07, 6.45) is 4.02. The molecule has 0 atom stereocenters. The van der Waals surface area contributed by atoms with Crippen molar-refractivity contribution in [2.45, 2.75) is 52.0 Å². The second kappa shape index (κ2) is 5.87. The van der Waals surface area contributed by atoms with E-state index >= 15 is 0 Å². The molecule has 2 rings (SSSR count). The lowest BCUT2D eigenvalue weighted by atomic mass is 10.1. The Balaban J connectivity index is 0.000000686. The average Bonchev–Trinajstić information content (AvgIpc) is 2.97. The predicted octanol–water partition coefficient (Wildman–Crippen LogP) is 3.82. The summed E-state index contributed by atoms with van der Waals surface area (Å²) in [5.41, 5.74) is 1.22. The molecule has 0 radical (unpaired) electrons. The smallest absolute Gasteiger partial charge is 0.0865 e. The fourth-order valence-corrected chi connectivity index (χ4v) is 2.41. The maximum atomic E-state index is 6.15. The summed E-state index contributed by atoms with van der Waals surface area (Å²) < 4.78 is 7.34. The van der Waals surface area contributed by atoms with E-state index in [1.54, 1.807) is 13.3 Å². The molecule has 1 aliphatic rings. The molecule has 0 spiro atoms. The zero-order valence-corrected chi connectivity index (χ0v) is 12.2. The van der Waals surface area contributed by atoms with Gasteiger partial charge in [-0.05, 0) is 18.8 Å². The first-order valence-corrected chi connectivity index (χ1v) is 6.71. The fraction of sp³-hybridized carbons (Fsp3) is 0.769. The minimum atomic E-state index is 0.0848. The molecule has 1 fully saturated rings. The number of methoxy groups -OCH3 is 1. The molecule has 1 aliphatic carbocycles. The highest BCUT2D eigenvalue weighted by Gasteiger charge is 2.47. The van der Waals surface area contributed by atoms with Gasteiger partial charge in [0.15, 0.2) is 0 Å². The summed E-state index contributed by atoms with van der Waals surface area (Å²) in [5, 5.41) is 5.17. The second-order valence-corrected chi connectivity index (χ2v) is 5.01. The molecule has 0 amide bonds. The molecule has 1 saturated carbocycles. The van der Waals surface area contributed by atoms with Crippen LogP contribution >= 0.6 is 11.6 Å². The van der Waals surface area contributed by atoms with E-state index in [0.717, 1.165) is 30.2 Å². The van der Waals surface area contributed by atoms with Crippen LogP contribution in [-0.2, 0) is 10.3 Å². The first-order chi connectivity index (χ1) is 8.10. The van der Waals surface area contributed by atoms with Crippen molar-refractivity contribution in [1.82, 2.24) is 9.78 Å². The molecular formula is C13H23ClN2O. The summed E-state index contributed by atoms with van der Waals surface area (Å²) in [6.45, 7) is 9.01. The lowest BCUT2D eigenvalue weighted by Gasteiger charge is -2.20. The maximum Gasteiger partial charge on any atom is 0.0865 e. The monoisotopic (exact) mass is 258 g/mol. The van der Waals surface area contributed by atoms with E-state index in [1.807, 2.05) is 13.8 Å². The van der Waals surface area contributed by atoms with Crippen LogP contribution in [-0.4, -0.2) is 23.5 Å². The number of hydrogen-bond donors (Lipinski definition) is 0. The van der Waals surface area contributed by atoms with E-state index in [4.69, 9.17) is 16.3 Å². The molecule has 0 N–H and O–H groups in total. The van der Waals surface area contributed by atoms with Gasteiger partial charge in [-0.2, -0.15) is 5.10 Å². The van der Waals surface area contributed by atoms with Gasteiger partial charge in [-0.15, -0.1) is 0 Å². The van der Waals surface area contributed by atoms with Crippen molar-refractivity contribution in [1.29, 1.82) is 0 Å². The third-order valence-electron chi connectivity index (χ3n) is 3.00. The van der Waals surface area contributed by atoms with Gasteiger partial charge in [0.05, 0.1) is 29.1 Å².